The van der Waals surface area contributed by atoms with E-state index in [9.17, 15) is 18.0 Å². The number of rotatable bonds is 7. The molecule has 0 spiro atoms. The van der Waals surface area contributed by atoms with E-state index in [4.69, 9.17) is 5.11 Å². The summed E-state index contributed by atoms with van der Waals surface area (Å²) in [6.07, 6.45) is 4.31. The van der Waals surface area contributed by atoms with Crippen molar-refractivity contribution in [2.24, 2.45) is 5.92 Å². The van der Waals surface area contributed by atoms with Crippen LogP contribution in [0.1, 0.15) is 51.9 Å². The normalized spacial score (nSPS) is 25.8. The average Bonchev–Trinajstić information content (AvgIpc) is 3.03. The van der Waals surface area contributed by atoms with Gasteiger partial charge in [-0.25, -0.2) is 8.42 Å². The first kappa shape index (κ1) is 19.2. The maximum absolute atomic E-state index is 12.8. The molecule has 0 aromatic carbocycles. The Morgan fingerprint density at radius 1 is 1.17 bits per heavy atom. The van der Waals surface area contributed by atoms with Gasteiger partial charge in [0.2, 0.25) is 15.9 Å². The zero-order valence-electron chi connectivity index (χ0n) is 14.3. The van der Waals surface area contributed by atoms with Crippen LogP contribution in [-0.4, -0.2) is 66.0 Å². The first-order valence-electron chi connectivity index (χ1n) is 8.85. The fourth-order valence-electron chi connectivity index (χ4n) is 3.73. The van der Waals surface area contributed by atoms with Crippen LogP contribution in [0.5, 0.6) is 0 Å². The molecule has 0 aromatic rings. The number of likely N-dealkylation sites (tertiary alicyclic amines) is 1. The van der Waals surface area contributed by atoms with Crippen LogP contribution in [0.2, 0.25) is 0 Å². The molecule has 2 saturated heterocycles. The maximum Gasteiger partial charge on any atom is 0.303 e. The van der Waals surface area contributed by atoms with Gasteiger partial charge >= 0.3 is 5.97 Å². The van der Waals surface area contributed by atoms with Gasteiger partial charge in [-0.1, -0.05) is 6.92 Å². The van der Waals surface area contributed by atoms with E-state index in [1.165, 1.54) is 4.31 Å². The Hall–Kier alpha value is -1.15. The Morgan fingerprint density at radius 2 is 1.88 bits per heavy atom. The van der Waals surface area contributed by atoms with Crippen LogP contribution in [0.25, 0.3) is 0 Å². The molecule has 0 bridgehead atoms. The highest BCUT2D eigenvalue weighted by Gasteiger charge is 2.40. The molecule has 2 unspecified atom stereocenters. The van der Waals surface area contributed by atoms with Crippen molar-refractivity contribution in [2.75, 3.05) is 25.4 Å². The zero-order valence-corrected chi connectivity index (χ0v) is 15.1. The number of carbonyl (C=O) groups is 2. The van der Waals surface area contributed by atoms with Crippen LogP contribution < -0.4 is 0 Å². The number of carboxylic acid groups (broad SMARTS) is 1. The van der Waals surface area contributed by atoms with Crippen LogP contribution >= 0.6 is 0 Å². The molecule has 0 aromatic heterocycles. The molecule has 2 rings (SSSR count). The van der Waals surface area contributed by atoms with Gasteiger partial charge < -0.3 is 10.0 Å². The number of piperidine rings is 1. The van der Waals surface area contributed by atoms with Crippen molar-refractivity contribution in [1.29, 1.82) is 0 Å². The molecule has 2 aliphatic heterocycles. The summed E-state index contributed by atoms with van der Waals surface area (Å²) in [6, 6.07) is -0.570. The van der Waals surface area contributed by atoms with E-state index < -0.39 is 22.0 Å². The van der Waals surface area contributed by atoms with E-state index >= 15 is 0 Å². The summed E-state index contributed by atoms with van der Waals surface area (Å²) >= 11 is 0. The predicted octanol–water partition coefficient (Wildman–Crippen LogP) is 1.29. The van der Waals surface area contributed by atoms with Crippen LogP contribution in [0.15, 0.2) is 0 Å². The molecule has 2 atom stereocenters. The smallest absolute Gasteiger partial charge is 0.303 e. The van der Waals surface area contributed by atoms with Crippen molar-refractivity contribution < 1.29 is 23.1 Å². The molecule has 24 heavy (non-hydrogen) atoms. The summed E-state index contributed by atoms with van der Waals surface area (Å²) in [4.78, 5) is 25.3. The standard InChI is InChI=1S/C16H28N2O5S/c1-2-11-24(22,23)18-10-4-6-14(18)16(21)17-9-3-5-13(12-17)7-8-15(19)20/h13-14H,2-12H2,1H3,(H,19,20). The Kier molecular flexibility index (Phi) is 6.62. The van der Waals surface area contributed by atoms with Crippen molar-refractivity contribution in [3.8, 4) is 0 Å². The highest BCUT2D eigenvalue weighted by atomic mass is 32.2. The molecule has 8 heteroatoms. The molecular weight excluding hydrogens is 332 g/mol. The molecule has 7 nitrogen and oxygen atoms in total. The number of hydrogen-bond donors (Lipinski definition) is 1. The van der Waals surface area contributed by atoms with Gasteiger partial charge in [0.05, 0.1) is 5.75 Å². The molecule has 2 fully saturated rings. The molecule has 0 radical (unpaired) electrons. The van der Waals surface area contributed by atoms with Crippen molar-refractivity contribution in [1.82, 2.24) is 9.21 Å². The van der Waals surface area contributed by atoms with Crippen molar-refractivity contribution in [3.05, 3.63) is 0 Å². The minimum absolute atomic E-state index is 0.0814. The molecule has 0 aliphatic carbocycles. The third kappa shape index (κ3) is 4.69. The molecule has 2 heterocycles. The van der Waals surface area contributed by atoms with Crippen molar-refractivity contribution >= 4 is 21.9 Å². The number of aliphatic carboxylic acids is 1. The minimum atomic E-state index is -3.37. The number of carboxylic acids is 1. The summed E-state index contributed by atoms with van der Waals surface area (Å²) in [5.41, 5.74) is 0. The summed E-state index contributed by atoms with van der Waals surface area (Å²) < 4.78 is 26.1. The Morgan fingerprint density at radius 3 is 2.54 bits per heavy atom. The van der Waals surface area contributed by atoms with E-state index in [1.807, 2.05) is 6.92 Å². The summed E-state index contributed by atoms with van der Waals surface area (Å²) in [7, 11) is -3.37. The lowest BCUT2D eigenvalue weighted by molar-refractivity contribution is -0.137. The van der Waals surface area contributed by atoms with Crippen molar-refractivity contribution in [3.63, 3.8) is 0 Å². The SMILES string of the molecule is CCCS(=O)(=O)N1CCCC1C(=O)N1CCCC(CCC(=O)O)C1. The third-order valence-corrected chi connectivity index (χ3v) is 6.98. The average molecular weight is 360 g/mol. The number of carbonyl (C=O) groups excluding carboxylic acids is 1. The zero-order chi connectivity index (χ0) is 17.7. The second-order valence-corrected chi connectivity index (χ2v) is 8.85. The van der Waals surface area contributed by atoms with Crippen LogP contribution in [0.4, 0.5) is 0 Å². The lowest BCUT2D eigenvalue weighted by atomic mass is 9.93. The van der Waals surface area contributed by atoms with Crippen molar-refractivity contribution in [2.45, 2.75) is 57.9 Å². The Labute approximate surface area is 144 Å². The van der Waals surface area contributed by atoms with Gasteiger partial charge in [0, 0.05) is 26.1 Å². The van der Waals surface area contributed by atoms with E-state index in [2.05, 4.69) is 0 Å². The van der Waals surface area contributed by atoms with E-state index in [-0.39, 0.29) is 24.0 Å². The second-order valence-electron chi connectivity index (χ2n) is 6.81. The number of amides is 1. The van der Waals surface area contributed by atoms with Crippen LogP contribution in [0, 0.1) is 5.92 Å². The van der Waals surface area contributed by atoms with E-state index in [0.29, 0.717) is 38.9 Å². The fourth-order valence-corrected chi connectivity index (χ4v) is 5.48. The Balaban J connectivity index is 2.00. The largest absolute Gasteiger partial charge is 0.481 e. The van der Waals surface area contributed by atoms with Gasteiger partial charge in [-0.15, -0.1) is 0 Å². The quantitative estimate of drug-likeness (QED) is 0.738. The summed E-state index contributed by atoms with van der Waals surface area (Å²) in [5.74, 6) is -0.642. The maximum atomic E-state index is 12.8. The first-order valence-corrected chi connectivity index (χ1v) is 10.5. The van der Waals surface area contributed by atoms with E-state index in [1.54, 1.807) is 4.90 Å². The molecule has 2 aliphatic rings. The highest BCUT2D eigenvalue weighted by molar-refractivity contribution is 7.89. The monoisotopic (exact) mass is 360 g/mol. The Bertz CT molecular complexity index is 563. The molecule has 0 saturated carbocycles. The summed E-state index contributed by atoms with van der Waals surface area (Å²) in [5, 5.41) is 8.81. The lowest BCUT2D eigenvalue weighted by Gasteiger charge is -2.36. The number of sulfonamides is 1. The van der Waals surface area contributed by atoms with Gasteiger partial charge in [0.1, 0.15) is 6.04 Å². The fraction of sp³-hybridized carbons (Fsp3) is 0.875. The number of nitrogens with zero attached hydrogens (tertiary/aromatic N) is 2. The van der Waals surface area contributed by atoms with Gasteiger partial charge in [0.25, 0.3) is 0 Å². The second kappa shape index (κ2) is 8.29. The molecule has 1 amide bonds. The number of hydrogen-bond acceptors (Lipinski definition) is 4. The van der Waals surface area contributed by atoms with Gasteiger partial charge in [-0.2, -0.15) is 4.31 Å². The van der Waals surface area contributed by atoms with Crippen LogP contribution in [0.3, 0.4) is 0 Å². The summed E-state index contributed by atoms with van der Waals surface area (Å²) in [6.45, 7) is 3.43. The topological polar surface area (TPSA) is 95.0 Å². The molecule has 138 valence electrons. The van der Waals surface area contributed by atoms with Crippen LogP contribution in [-0.2, 0) is 19.6 Å². The molecular formula is C16H28N2O5S. The molecule has 1 N–H and O–H groups in total. The predicted molar refractivity (Wildman–Crippen MR) is 90.0 cm³/mol. The third-order valence-electron chi connectivity index (χ3n) is 4.91. The van der Waals surface area contributed by atoms with Gasteiger partial charge in [0.15, 0.2) is 0 Å². The first-order chi connectivity index (χ1) is 11.3. The highest BCUT2D eigenvalue weighted by Crippen LogP contribution is 2.27. The van der Waals surface area contributed by atoms with Gasteiger partial charge in [-0.05, 0) is 44.4 Å². The van der Waals surface area contributed by atoms with E-state index in [0.717, 1.165) is 19.3 Å². The minimum Gasteiger partial charge on any atom is -0.481 e. The lowest BCUT2D eigenvalue weighted by Crippen LogP contribution is -2.50. The van der Waals surface area contributed by atoms with Gasteiger partial charge in [-0.3, -0.25) is 9.59 Å².